The highest BCUT2D eigenvalue weighted by Gasteiger charge is 2.36. The molecule has 1 aromatic carbocycles. The lowest BCUT2D eigenvalue weighted by molar-refractivity contribution is -0.0470. The van der Waals surface area contributed by atoms with Gasteiger partial charge in [-0.15, -0.1) is 0 Å². The molecule has 1 rings (SSSR count). The van der Waals surface area contributed by atoms with Gasteiger partial charge in [0.15, 0.2) is 0 Å². The van der Waals surface area contributed by atoms with E-state index in [0.717, 1.165) is 18.4 Å². The standard InChI is InChI=1S/C15H25NO/c1-14(2,3)15(4,17)13-9-5-7-12(11-13)8-6-10-16/h5,7,9,11,17H,6,8,10,16H2,1-4H3. The lowest BCUT2D eigenvalue weighted by Crippen LogP contribution is -2.36. The van der Waals surface area contributed by atoms with E-state index >= 15 is 0 Å². The van der Waals surface area contributed by atoms with Crippen molar-refractivity contribution in [2.45, 2.75) is 46.1 Å². The molecule has 0 aliphatic rings. The van der Waals surface area contributed by atoms with E-state index in [1.807, 2.05) is 19.1 Å². The Bertz CT molecular complexity index is 363. The molecular weight excluding hydrogens is 210 g/mol. The van der Waals surface area contributed by atoms with Crippen molar-refractivity contribution in [1.29, 1.82) is 0 Å². The summed E-state index contributed by atoms with van der Waals surface area (Å²) in [5.74, 6) is 0. The summed E-state index contributed by atoms with van der Waals surface area (Å²) in [5, 5.41) is 10.6. The van der Waals surface area contributed by atoms with Crippen LogP contribution in [-0.2, 0) is 12.0 Å². The Kier molecular flexibility index (Phi) is 4.34. The van der Waals surface area contributed by atoms with Crippen LogP contribution in [0.5, 0.6) is 0 Å². The summed E-state index contributed by atoms with van der Waals surface area (Å²) in [6.07, 6.45) is 1.96. The number of hydrogen-bond donors (Lipinski definition) is 2. The smallest absolute Gasteiger partial charge is 0.0916 e. The number of nitrogens with two attached hydrogens (primary N) is 1. The lowest BCUT2D eigenvalue weighted by Gasteiger charge is -2.37. The molecule has 0 aromatic heterocycles. The molecule has 96 valence electrons. The lowest BCUT2D eigenvalue weighted by atomic mass is 9.73. The summed E-state index contributed by atoms with van der Waals surface area (Å²) in [7, 11) is 0. The third-order valence-corrected chi connectivity index (χ3v) is 3.62. The summed E-state index contributed by atoms with van der Waals surface area (Å²) in [5.41, 5.74) is 6.76. The third kappa shape index (κ3) is 3.30. The highest BCUT2D eigenvalue weighted by Crippen LogP contribution is 2.38. The molecule has 1 aromatic rings. The van der Waals surface area contributed by atoms with Crippen LogP contribution in [0.2, 0.25) is 0 Å². The first-order valence-corrected chi connectivity index (χ1v) is 6.31. The molecule has 0 saturated heterocycles. The normalized spacial score (nSPS) is 15.6. The van der Waals surface area contributed by atoms with Crippen LogP contribution in [0.1, 0.15) is 45.2 Å². The number of aryl methyl sites for hydroxylation is 1. The topological polar surface area (TPSA) is 46.2 Å². The average Bonchev–Trinajstić information content (AvgIpc) is 2.25. The maximum Gasteiger partial charge on any atom is 0.0916 e. The Morgan fingerprint density at radius 2 is 1.82 bits per heavy atom. The predicted molar refractivity (Wildman–Crippen MR) is 72.8 cm³/mol. The van der Waals surface area contributed by atoms with Gasteiger partial charge in [-0.2, -0.15) is 0 Å². The van der Waals surface area contributed by atoms with Crippen LogP contribution in [0, 0.1) is 5.41 Å². The molecular formula is C15H25NO. The second-order valence-corrected chi connectivity index (χ2v) is 5.91. The summed E-state index contributed by atoms with van der Waals surface area (Å²) < 4.78 is 0. The molecule has 1 unspecified atom stereocenters. The van der Waals surface area contributed by atoms with Crippen LogP contribution in [0.15, 0.2) is 24.3 Å². The average molecular weight is 235 g/mol. The van der Waals surface area contributed by atoms with Crippen LogP contribution in [0.3, 0.4) is 0 Å². The van der Waals surface area contributed by atoms with Gasteiger partial charge in [-0.05, 0) is 42.9 Å². The first-order chi connectivity index (χ1) is 7.79. The van der Waals surface area contributed by atoms with Gasteiger partial charge >= 0.3 is 0 Å². The van der Waals surface area contributed by atoms with E-state index in [0.29, 0.717) is 6.54 Å². The highest BCUT2D eigenvalue weighted by molar-refractivity contribution is 5.29. The van der Waals surface area contributed by atoms with Crippen molar-refractivity contribution in [3.05, 3.63) is 35.4 Å². The zero-order valence-corrected chi connectivity index (χ0v) is 11.5. The molecule has 0 saturated carbocycles. The van der Waals surface area contributed by atoms with E-state index in [1.54, 1.807) is 0 Å². The molecule has 0 aliphatic heterocycles. The van der Waals surface area contributed by atoms with Crippen LogP contribution in [0.25, 0.3) is 0 Å². The van der Waals surface area contributed by atoms with E-state index < -0.39 is 5.60 Å². The van der Waals surface area contributed by atoms with Gasteiger partial charge in [-0.1, -0.05) is 45.0 Å². The molecule has 0 aliphatic carbocycles. The molecule has 2 nitrogen and oxygen atoms in total. The monoisotopic (exact) mass is 235 g/mol. The Balaban J connectivity index is 2.99. The fourth-order valence-corrected chi connectivity index (χ4v) is 1.77. The molecule has 0 radical (unpaired) electrons. The minimum atomic E-state index is -0.814. The molecule has 17 heavy (non-hydrogen) atoms. The number of hydrogen-bond acceptors (Lipinski definition) is 2. The highest BCUT2D eigenvalue weighted by atomic mass is 16.3. The fraction of sp³-hybridized carbons (Fsp3) is 0.600. The zero-order valence-electron chi connectivity index (χ0n) is 11.5. The zero-order chi connectivity index (χ0) is 13.1. The van der Waals surface area contributed by atoms with E-state index in [1.165, 1.54) is 5.56 Å². The maximum absolute atomic E-state index is 10.6. The van der Waals surface area contributed by atoms with Gasteiger partial charge in [0.1, 0.15) is 0 Å². The van der Waals surface area contributed by atoms with Crippen LogP contribution >= 0.6 is 0 Å². The van der Waals surface area contributed by atoms with Crippen molar-refractivity contribution in [3.63, 3.8) is 0 Å². The van der Waals surface area contributed by atoms with E-state index in [2.05, 4.69) is 32.9 Å². The van der Waals surface area contributed by atoms with Crippen LogP contribution in [-0.4, -0.2) is 11.7 Å². The largest absolute Gasteiger partial charge is 0.385 e. The first kappa shape index (κ1) is 14.2. The van der Waals surface area contributed by atoms with Crippen molar-refractivity contribution in [1.82, 2.24) is 0 Å². The Hall–Kier alpha value is -0.860. The van der Waals surface area contributed by atoms with Gasteiger partial charge in [0.05, 0.1) is 5.60 Å². The van der Waals surface area contributed by atoms with E-state index in [4.69, 9.17) is 5.73 Å². The molecule has 3 N–H and O–H groups in total. The van der Waals surface area contributed by atoms with Gasteiger partial charge in [-0.3, -0.25) is 0 Å². The van der Waals surface area contributed by atoms with Gasteiger partial charge in [-0.25, -0.2) is 0 Å². The summed E-state index contributed by atoms with van der Waals surface area (Å²) in [6.45, 7) is 8.76. The molecule has 0 spiro atoms. The van der Waals surface area contributed by atoms with Crippen molar-refractivity contribution in [2.24, 2.45) is 11.1 Å². The number of aliphatic hydroxyl groups is 1. The molecule has 2 heteroatoms. The molecule has 1 atom stereocenters. The second-order valence-electron chi connectivity index (χ2n) is 5.91. The van der Waals surface area contributed by atoms with Crippen molar-refractivity contribution >= 4 is 0 Å². The third-order valence-electron chi connectivity index (χ3n) is 3.62. The predicted octanol–water partition coefficient (Wildman–Crippen LogP) is 2.83. The summed E-state index contributed by atoms with van der Waals surface area (Å²) >= 11 is 0. The van der Waals surface area contributed by atoms with Gasteiger partial charge in [0, 0.05) is 0 Å². The van der Waals surface area contributed by atoms with Gasteiger partial charge in [0.25, 0.3) is 0 Å². The number of benzene rings is 1. The van der Waals surface area contributed by atoms with Crippen LogP contribution < -0.4 is 5.73 Å². The van der Waals surface area contributed by atoms with Crippen molar-refractivity contribution in [2.75, 3.05) is 6.54 Å². The van der Waals surface area contributed by atoms with Crippen molar-refractivity contribution in [3.8, 4) is 0 Å². The summed E-state index contributed by atoms with van der Waals surface area (Å²) in [4.78, 5) is 0. The Labute approximate surface area is 105 Å². The molecule has 0 fully saturated rings. The van der Waals surface area contributed by atoms with E-state index in [-0.39, 0.29) is 5.41 Å². The molecule has 0 bridgehead atoms. The van der Waals surface area contributed by atoms with Crippen LogP contribution in [0.4, 0.5) is 0 Å². The molecule has 0 heterocycles. The maximum atomic E-state index is 10.6. The molecule has 0 amide bonds. The quantitative estimate of drug-likeness (QED) is 0.843. The fourth-order valence-electron chi connectivity index (χ4n) is 1.77. The Morgan fingerprint density at radius 3 is 2.35 bits per heavy atom. The van der Waals surface area contributed by atoms with Gasteiger partial charge < -0.3 is 10.8 Å². The number of rotatable bonds is 4. The van der Waals surface area contributed by atoms with E-state index in [9.17, 15) is 5.11 Å². The SMILES string of the molecule is CC(C)(C)C(C)(O)c1cccc(CCCN)c1. The minimum Gasteiger partial charge on any atom is -0.385 e. The minimum absolute atomic E-state index is 0.181. The Morgan fingerprint density at radius 1 is 1.18 bits per heavy atom. The van der Waals surface area contributed by atoms with Gasteiger partial charge in [0.2, 0.25) is 0 Å². The first-order valence-electron chi connectivity index (χ1n) is 6.31. The van der Waals surface area contributed by atoms with Crippen molar-refractivity contribution < 1.29 is 5.11 Å². The second kappa shape index (κ2) is 5.19. The summed E-state index contributed by atoms with van der Waals surface area (Å²) in [6, 6.07) is 8.21.